The number of rotatable bonds is 2. The van der Waals surface area contributed by atoms with E-state index in [0.29, 0.717) is 23.4 Å². The van der Waals surface area contributed by atoms with Gasteiger partial charge in [-0.05, 0) is 37.5 Å². The van der Waals surface area contributed by atoms with Crippen LogP contribution in [0.5, 0.6) is 0 Å². The molecule has 18 heavy (non-hydrogen) atoms. The topological polar surface area (TPSA) is 37.3 Å². The summed E-state index contributed by atoms with van der Waals surface area (Å²) in [7, 11) is 0. The first-order valence-corrected chi connectivity index (χ1v) is 6.55. The Morgan fingerprint density at radius 3 is 2.50 bits per heavy atom. The van der Waals surface area contributed by atoms with Crippen LogP contribution in [0.25, 0.3) is 0 Å². The molecule has 1 aliphatic rings. The third-order valence-corrected chi connectivity index (χ3v) is 4.29. The first-order valence-electron chi connectivity index (χ1n) is 6.17. The van der Waals surface area contributed by atoms with Crippen LogP contribution in [-0.4, -0.2) is 11.1 Å². The summed E-state index contributed by atoms with van der Waals surface area (Å²) in [5, 5.41) is 9.95. The lowest BCUT2D eigenvalue weighted by atomic mass is 9.69. The molecule has 0 aliphatic heterocycles. The van der Waals surface area contributed by atoms with E-state index in [-0.39, 0.29) is 5.56 Å². The maximum absolute atomic E-state index is 14.1. The van der Waals surface area contributed by atoms with Crippen LogP contribution in [-0.2, 0) is 10.2 Å². The molecule has 1 aromatic carbocycles. The minimum absolute atomic E-state index is 0.241. The number of carboxylic acid groups (broad SMARTS) is 1. The van der Waals surface area contributed by atoms with E-state index in [1.54, 1.807) is 6.92 Å². The van der Waals surface area contributed by atoms with Crippen molar-refractivity contribution < 1.29 is 14.3 Å². The summed E-state index contributed by atoms with van der Waals surface area (Å²) in [4.78, 5) is 11.6. The fraction of sp³-hybridized carbons (Fsp3) is 0.500. The Labute approximate surface area is 111 Å². The van der Waals surface area contributed by atoms with Gasteiger partial charge in [0.2, 0.25) is 0 Å². The molecule has 1 fully saturated rings. The Hall–Kier alpha value is -1.09. The van der Waals surface area contributed by atoms with E-state index in [1.807, 2.05) is 0 Å². The van der Waals surface area contributed by atoms with Gasteiger partial charge in [0.15, 0.2) is 0 Å². The van der Waals surface area contributed by atoms with Crippen molar-refractivity contribution in [1.82, 2.24) is 0 Å². The molecule has 0 unspecified atom stereocenters. The van der Waals surface area contributed by atoms with Crippen molar-refractivity contribution in [3.05, 3.63) is 34.1 Å². The first kappa shape index (κ1) is 13.3. The van der Waals surface area contributed by atoms with E-state index < -0.39 is 17.2 Å². The second-order valence-corrected chi connectivity index (χ2v) is 5.44. The van der Waals surface area contributed by atoms with Gasteiger partial charge >= 0.3 is 5.97 Å². The smallest absolute Gasteiger partial charge is 0.314 e. The molecule has 0 heterocycles. The van der Waals surface area contributed by atoms with Crippen molar-refractivity contribution in [3.8, 4) is 0 Å². The first-order chi connectivity index (χ1) is 8.47. The normalized spacial score (nSPS) is 18.6. The second-order valence-electron chi connectivity index (χ2n) is 5.03. The lowest BCUT2D eigenvalue weighted by Crippen LogP contribution is -2.38. The number of benzene rings is 1. The molecule has 0 atom stereocenters. The average molecular weight is 271 g/mol. The fourth-order valence-corrected chi connectivity index (χ4v) is 2.93. The van der Waals surface area contributed by atoms with Gasteiger partial charge in [-0.1, -0.05) is 30.9 Å². The highest BCUT2D eigenvalue weighted by molar-refractivity contribution is 6.31. The molecular formula is C14H16ClFO2. The Balaban J connectivity index is 2.55. The Kier molecular flexibility index (Phi) is 3.62. The number of aliphatic carboxylic acids is 1. The quantitative estimate of drug-likeness (QED) is 0.879. The van der Waals surface area contributed by atoms with Crippen molar-refractivity contribution in [2.24, 2.45) is 0 Å². The molecular weight excluding hydrogens is 255 g/mol. The van der Waals surface area contributed by atoms with Crippen molar-refractivity contribution in [3.63, 3.8) is 0 Å². The van der Waals surface area contributed by atoms with Crippen LogP contribution in [0.15, 0.2) is 12.1 Å². The van der Waals surface area contributed by atoms with Gasteiger partial charge in [-0.3, -0.25) is 4.79 Å². The molecule has 0 saturated heterocycles. The standard InChI is InChI=1S/C14H16ClFO2/c1-9-7-12(16)10(8-11(9)15)14(13(17)18)5-3-2-4-6-14/h7-8H,2-6H2,1H3,(H,17,18). The molecule has 1 saturated carbocycles. The van der Waals surface area contributed by atoms with Gasteiger partial charge in [-0.2, -0.15) is 0 Å². The molecule has 1 N–H and O–H groups in total. The molecule has 0 aromatic heterocycles. The van der Waals surface area contributed by atoms with Gasteiger partial charge in [-0.15, -0.1) is 0 Å². The van der Waals surface area contributed by atoms with Crippen molar-refractivity contribution in [1.29, 1.82) is 0 Å². The van der Waals surface area contributed by atoms with Crippen LogP contribution in [0, 0.1) is 12.7 Å². The average Bonchev–Trinajstić information content (AvgIpc) is 2.34. The lowest BCUT2D eigenvalue weighted by molar-refractivity contribution is -0.145. The van der Waals surface area contributed by atoms with Gasteiger partial charge in [0.05, 0.1) is 5.41 Å². The molecule has 0 amide bonds. The molecule has 98 valence electrons. The van der Waals surface area contributed by atoms with Crippen molar-refractivity contribution in [2.45, 2.75) is 44.4 Å². The molecule has 4 heteroatoms. The highest BCUT2D eigenvalue weighted by Crippen LogP contribution is 2.42. The molecule has 0 spiro atoms. The molecule has 2 rings (SSSR count). The third kappa shape index (κ3) is 2.12. The summed E-state index contributed by atoms with van der Waals surface area (Å²) in [6.07, 6.45) is 3.61. The highest BCUT2D eigenvalue weighted by Gasteiger charge is 2.43. The number of halogens is 2. The van der Waals surface area contributed by atoms with Crippen LogP contribution in [0.2, 0.25) is 5.02 Å². The van der Waals surface area contributed by atoms with Crippen molar-refractivity contribution in [2.75, 3.05) is 0 Å². The summed E-state index contributed by atoms with van der Waals surface area (Å²) >= 11 is 6.01. The number of hydrogen-bond donors (Lipinski definition) is 1. The maximum Gasteiger partial charge on any atom is 0.314 e. The fourth-order valence-electron chi connectivity index (χ4n) is 2.77. The van der Waals surface area contributed by atoms with E-state index in [2.05, 4.69) is 0 Å². The van der Waals surface area contributed by atoms with Crippen LogP contribution in [0.3, 0.4) is 0 Å². The van der Waals surface area contributed by atoms with Gasteiger partial charge in [0.25, 0.3) is 0 Å². The van der Waals surface area contributed by atoms with Crippen LogP contribution in [0.4, 0.5) is 4.39 Å². The number of hydrogen-bond acceptors (Lipinski definition) is 1. The van der Waals surface area contributed by atoms with E-state index in [1.165, 1.54) is 12.1 Å². The van der Waals surface area contributed by atoms with Crippen LogP contribution >= 0.6 is 11.6 Å². The van der Waals surface area contributed by atoms with Gasteiger partial charge < -0.3 is 5.11 Å². The summed E-state index contributed by atoms with van der Waals surface area (Å²) in [5.41, 5.74) is -0.223. The Morgan fingerprint density at radius 1 is 1.33 bits per heavy atom. The number of aryl methyl sites for hydroxylation is 1. The van der Waals surface area contributed by atoms with E-state index in [4.69, 9.17) is 11.6 Å². The third-order valence-electron chi connectivity index (χ3n) is 3.88. The highest BCUT2D eigenvalue weighted by atomic mass is 35.5. The molecule has 1 aromatic rings. The zero-order chi connectivity index (χ0) is 13.3. The molecule has 1 aliphatic carbocycles. The van der Waals surface area contributed by atoms with Crippen LogP contribution in [0.1, 0.15) is 43.2 Å². The number of carbonyl (C=O) groups is 1. The van der Waals surface area contributed by atoms with Gasteiger partial charge in [0, 0.05) is 10.6 Å². The van der Waals surface area contributed by atoms with Gasteiger partial charge in [-0.25, -0.2) is 4.39 Å². The second kappa shape index (κ2) is 4.88. The predicted molar refractivity (Wildman–Crippen MR) is 68.5 cm³/mol. The summed E-state index contributed by atoms with van der Waals surface area (Å²) in [5.74, 6) is -1.40. The Bertz CT molecular complexity index is 479. The van der Waals surface area contributed by atoms with Crippen LogP contribution < -0.4 is 0 Å². The summed E-state index contributed by atoms with van der Waals surface area (Å²) in [6.45, 7) is 1.71. The maximum atomic E-state index is 14.1. The minimum Gasteiger partial charge on any atom is -0.481 e. The predicted octanol–water partition coefficient (Wildman–Crippen LogP) is 4.07. The monoisotopic (exact) mass is 270 g/mol. The zero-order valence-corrected chi connectivity index (χ0v) is 11.1. The van der Waals surface area contributed by atoms with E-state index in [9.17, 15) is 14.3 Å². The molecule has 0 radical (unpaired) electrons. The van der Waals surface area contributed by atoms with E-state index in [0.717, 1.165) is 19.3 Å². The minimum atomic E-state index is -1.10. The van der Waals surface area contributed by atoms with E-state index >= 15 is 0 Å². The zero-order valence-electron chi connectivity index (χ0n) is 10.3. The lowest BCUT2D eigenvalue weighted by Gasteiger charge is -2.34. The van der Waals surface area contributed by atoms with Crippen molar-refractivity contribution >= 4 is 17.6 Å². The summed E-state index contributed by atoms with van der Waals surface area (Å²) < 4.78 is 14.1. The Morgan fingerprint density at radius 2 is 1.94 bits per heavy atom. The molecule has 0 bridgehead atoms. The molecule has 2 nitrogen and oxygen atoms in total. The largest absolute Gasteiger partial charge is 0.481 e. The van der Waals surface area contributed by atoms with Gasteiger partial charge in [0.1, 0.15) is 5.82 Å². The number of carboxylic acids is 1. The summed E-state index contributed by atoms with van der Waals surface area (Å²) in [6, 6.07) is 2.82. The SMILES string of the molecule is Cc1cc(F)c(C2(C(=O)O)CCCCC2)cc1Cl.